The lowest BCUT2D eigenvalue weighted by atomic mass is 10.2. The number of likely N-dealkylation sites (tertiary alicyclic amines) is 1. The zero-order chi connectivity index (χ0) is 11.7. The third-order valence-corrected chi connectivity index (χ3v) is 3.27. The van der Waals surface area contributed by atoms with Gasteiger partial charge in [-0.15, -0.1) is 0 Å². The van der Waals surface area contributed by atoms with Crippen molar-refractivity contribution in [2.24, 2.45) is 0 Å². The minimum absolute atomic E-state index is 0.722. The first-order valence-corrected chi connectivity index (χ1v) is 6.13. The van der Waals surface area contributed by atoms with Gasteiger partial charge in [-0.25, -0.2) is 0 Å². The summed E-state index contributed by atoms with van der Waals surface area (Å²) in [5.74, 6) is 0.750. The molecule has 2 aromatic rings. The number of ether oxygens (including phenoxy) is 1. The fourth-order valence-corrected chi connectivity index (χ4v) is 2.09. The highest BCUT2D eigenvalue weighted by molar-refractivity contribution is 5.76. The average molecular weight is 231 g/mol. The van der Waals surface area contributed by atoms with Gasteiger partial charge in [0.05, 0.1) is 0 Å². The monoisotopic (exact) mass is 231 g/mol. The second-order valence-electron chi connectivity index (χ2n) is 4.57. The van der Waals surface area contributed by atoms with E-state index in [1.807, 2.05) is 19.2 Å². The molecule has 3 rings (SSSR count). The van der Waals surface area contributed by atoms with Crippen molar-refractivity contribution in [1.29, 1.82) is 0 Å². The lowest BCUT2D eigenvalue weighted by Crippen LogP contribution is -2.39. The van der Waals surface area contributed by atoms with E-state index in [2.05, 4.69) is 20.9 Å². The Morgan fingerprint density at radius 3 is 3.12 bits per heavy atom. The van der Waals surface area contributed by atoms with Crippen molar-refractivity contribution < 1.29 is 4.74 Å². The van der Waals surface area contributed by atoms with Gasteiger partial charge in [-0.2, -0.15) is 4.98 Å². The van der Waals surface area contributed by atoms with E-state index in [1.165, 1.54) is 19.5 Å². The highest BCUT2D eigenvalue weighted by atomic mass is 16.5. The summed E-state index contributed by atoms with van der Waals surface area (Å²) in [5, 5.41) is 1.14. The van der Waals surface area contributed by atoms with E-state index >= 15 is 0 Å². The normalized spacial score (nSPS) is 16.1. The van der Waals surface area contributed by atoms with Crippen molar-refractivity contribution in [3.8, 4) is 5.88 Å². The Morgan fingerprint density at radius 1 is 1.47 bits per heavy atom. The van der Waals surface area contributed by atoms with Crippen molar-refractivity contribution >= 4 is 11.0 Å². The summed E-state index contributed by atoms with van der Waals surface area (Å²) < 4.78 is 5.75. The van der Waals surface area contributed by atoms with Gasteiger partial charge < -0.3 is 9.72 Å². The highest BCUT2D eigenvalue weighted by Gasteiger charge is 2.13. The summed E-state index contributed by atoms with van der Waals surface area (Å²) in [6.07, 6.45) is 3.23. The van der Waals surface area contributed by atoms with Crippen LogP contribution in [-0.2, 0) is 0 Å². The van der Waals surface area contributed by atoms with Crippen LogP contribution in [0.15, 0.2) is 18.3 Å². The van der Waals surface area contributed by atoms with Crippen LogP contribution >= 0.6 is 0 Å². The van der Waals surface area contributed by atoms with Crippen LogP contribution in [-0.4, -0.2) is 41.1 Å². The lowest BCUT2D eigenvalue weighted by molar-refractivity contribution is 0.145. The van der Waals surface area contributed by atoms with Crippen molar-refractivity contribution in [2.75, 3.05) is 26.2 Å². The number of aromatic nitrogens is 2. The number of aryl methyl sites for hydroxylation is 1. The SMILES string of the molecule is Cc1cc2cc[nH]c2nc1OCCN1CCC1. The number of nitrogens with zero attached hydrogens (tertiary/aromatic N) is 2. The van der Waals surface area contributed by atoms with Crippen LogP contribution in [0.5, 0.6) is 5.88 Å². The van der Waals surface area contributed by atoms with Crippen molar-refractivity contribution in [1.82, 2.24) is 14.9 Å². The van der Waals surface area contributed by atoms with Gasteiger partial charge in [0.25, 0.3) is 0 Å². The second kappa shape index (κ2) is 4.37. The minimum atomic E-state index is 0.722. The third-order valence-electron chi connectivity index (χ3n) is 3.27. The van der Waals surface area contributed by atoms with Gasteiger partial charge in [0.15, 0.2) is 0 Å². The molecule has 1 aliphatic heterocycles. The minimum Gasteiger partial charge on any atom is -0.476 e. The molecule has 1 N–H and O–H groups in total. The molecular weight excluding hydrogens is 214 g/mol. The van der Waals surface area contributed by atoms with Gasteiger partial charge in [-0.3, -0.25) is 4.90 Å². The molecule has 1 fully saturated rings. The maximum atomic E-state index is 5.75. The van der Waals surface area contributed by atoms with E-state index in [1.54, 1.807) is 0 Å². The quantitative estimate of drug-likeness (QED) is 0.874. The summed E-state index contributed by atoms with van der Waals surface area (Å²) >= 11 is 0. The molecule has 0 saturated carbocycles. The Morgan fingerprint density at radius 2 is 2.35 bits per heavy atom. The fraction of sp³-hybridized carbons (Fsp3) is 0.462. The van der Waals surface area contributed by atoms with Crippen LogP contribution in [0.4, 0.5) is 0 Å². The predicted molar refractivity (Wildman–Crippen MR) is 67.4 cm³/mol. The number of nitrogens with one attached hydrogen (secondary N) is 1. The Hall–Kier alpha value is -1.55. The molecule has 0 amide bonds. The summed E-state index contributed by atoms with van der Waals surface area (Å²) in [4.78, 5) is 9.98. The topological polar surface area (TPSA) is 41.1 Å². The fourth-order valence-electron chi connectivity index (χ4n) is 2.09. The first-order chi connectivity index (χ1) is 8.33. The highest BCUT2D eigenvalue weighted by Crippen LogP contribution is 2.20. The van der Waals surface area contributed by atoms with Crippen molar-refractivity contribution in [3.63, 3.8) is 0 Å². The van der Waals surface area contributed by atoms with Crippen LogP contribution in [0.1, 0.15) is 12.0 Å². The molecule has 3 heterocycles. The molecule has 1 saturated heterocycles. The number of hydrogen-bond acceptors (Lipinski definition) is 3. The molecule has 17 heavy (non-hydrogen) atoms. The van der Waals surface area contributed by atoms with Gasteiger partial charge in [-0.1, -0.05) is 0 Å². The molecule has 0 atom stereocenters. The molecule has 4 nitrogen and oxygen atoms in total. The van der Waals surface area contributed by atoms with Gasteiger partial charge in [0.2, 0.25) is 5.88 Å². The second-order valence-corrected chi connectivity index (χ2v) is 4.57. The van der Waals surface area contributed by atoms with Crippen LogP contribution < -0.4 is 4.74 Å². The third kappa shape index (κ3) is 2.13. The van der Waals surface area contributed by atoms with E-state index in [4.69, 9.17) is 4.74 Å². The van der Waals surface area contributed by atoms with E-state index in [9.17, 15) is 0 Å². The van der Waals surface area contributed by atoms with Gasteiger partial charge in [-0.05, 0) is 38.6 Å². The molecule has 0 aliphatic carbocycles. The van der Waals surface area contributed by atoms with Crippen LogP contribution in [0, 0.1) is 6.92 Å². The summed E-state index contributed by atoms with van der Waals surface area (Å²) in [7, 11) is 0. The maximum absolute atomic E-state index is 5.75. The number of H-pyrrole nitrogens is 1. The Balaban J connectivity index is 1.68. The molecule has 0 radical (unpaired) electrons. The Kier molecular flexibility index (Phi) is 2.73. The standard InChI is InChI=1S/C13H17N3O/c1-10-9-11-3-4-14-12(11)15-13(10)17-8-7-16-5-2-6-16/h3-4,9H,2,5-8H2,1H3,(H,14,15). The number of hydrogen-bond donors (Lipinski definition) is 1. The van der Waals surface area contributed by atoms with Gasteiger partial charge in [0.1, 0.15) is 12.3 Å². The van der Waals surface area contributed by atoms with Crippen molar-refractivity contribution in [2.45, 2.75) is 13.3 Å². The first-order valence-electron chi connectivity index (χ1n) is 6.13. The van der Waals surface area contributed by atoms with Gasteiger partial charge >= 0.3 is 0 Å². The zero-order valence-corrected chi connectivity index (χ0v) is 10.1. The maximum Gasteiger partial charge on any atom is 0.218 e. The number of aromatic amines is 1. The van der Waals surface area contributed by atoms with E-state index in [0.717, 1.165) is 35.6 Å². The number of pyridine rings is 1. The number of fused-ring (bicyclic) bond motifs is 1. The molecule has 90 valence electrons. The smallest absolute Gasteiger partial charge is 0.218 e. The molecule has 0 bridgehead atoms. The van der Waals surface area contributed by atoms with Crippen molar-refractivity contribution in [3.05, 3.63) is 23.9 Å². The largest absolute Gasteiger partial charge is 0.476 e. The molecule has 1 aliphatic rings. The van der Waals surface area contributed by atoms with Crippen LogP contribution in [0.2, 0.25) is 0 Å². The lowest BCUT2D eigenvalue weighted by Gasteiger charge is -2.30. The van der Waals surface area contributed by atoms with Crippen LogP contribution in [0.3, 0.4) is 0 Å². The van der Waals surface area contributed by atoms with E-state index in [0.29, 0.717) is 0 Å². The Bertz CT molecular complexity index is 516. The molecule has 0 aromatic carbocycles. The average Bonchev–Trinajstić information content (AvgIpc) is 2.68. The molecule has 2 aromatic heterocycles. The zero-order valence-electron chi connectivity index (χ0n) is 10.1. The van der Waals surface area contributed by atoms with Gasteiger partial charge in [0, 0.05) is 23.7 Å². The van der Waals surface area contributed by atoms with E-state index < -0.39 is 0 Å². The molecule has 0 unspecified atom stereocenters. The molecule has 4 heteroatoms. The molecular formula is C13H17N3O. The predicted octanol–water partition coefficient (Wildman–Crippen LogP) is 1.96. The Labute approximate surface area is 101 Å². The summed E-state index contributed by atoms with van der Waals surface area (Å²) in [6, 6.07) is 4.14. The summed E-state index contributed by atoms with van der Waals surface area (Å²) in [5.41, 5.74) is 2.00. The molecule has 0 spiro atoms. The number of rotatable bonds is 4. The first kappa shape index (κ1) is 10.6. The summed E-state index contributed by atoms with van der Waals surface area (Å²) in [6.45, 7) is 6.19. The van der Waals surface area contributed by atoms with Crippen LogP contribution in [0.25, 0.3) is 11.0 Å². The van der Waals surface area contributed by atoms with E-state index in [-0.39, 0.29) is 0 Å².